The van der Waals surface area contributed by atoms with E-state index in [1.54, 1.807) is 4.90 Å². The van der Waals surface area contributed by atoms with Crippen LogP contribution < -0.4 is 10.2 Å². The lowest BCUT2D eigenvalue weighted by atomic mass is 10.1. The van der Waals surface area contributed by atoms with Crippen LogP contribution in [0.1, 0.15) is 16.9 Å². The third-order valence-electron chi connectivity index (χ3n) is 3.71. The fourth-order valence-corrected chi connectivity index (χ4v) is 3.67. The Morgan fingerprint density at radius 3 is 3.18 bits per heavy atom. The minimum Gasteiger partial charge on any atom is -0.457 e. The lowest BCUT2D eigenvalue weighted by Gasteiger charge is -2.27. The van der Waals surface area contributed by atoms with Crippen molar-refractivity contribution in [1.29, 1.82) is 0 Å². The molecule has 0 unspecified atom stereocenters. The smallest absolute Gasteiger partial charge is 0.358 e. The largest absolute Gasteiger partial charge is 0.457 e. The summed E-state index contributed by atoms with van der Waals surface area (Å²) in [7, 11) is 0. The van der Waals surface area contributed by atoms with Gasteiger partial charge in [0.15, 0.2) is 10.8 Å². The first-order valence-corrected chi connectivity index (χ1v) is 7.52. The number of carbonyl (C=O) groups is 1. The highest BCUT2D eigenvalue weighted by Gasteiger charge is 2.56. The van der Waals surface area contributed by atoms with Crippen LogP contribution in [0.2, 0.25) is 0 Å². The molecule has 0 aliphatic carbocycles. The molecule has 2 aliphatic heterocycles. The molecule has 0 saturated carbocycles. The van der Waals surface area contributed by atoms with Crippen LogP contribution in [-0.4, -0.2) is 48.7 Å². The molecule has 0 radical (unpaired) electrons. The van der Waals surface area contributed by atoms with Crippen molar-refractivity contribution in [1.82, 2.24) is 10.3 Å². The molecular weight excluding hydrogens is 336 g/mol. The standard InChI is InChI=1S/C13H15F2N3O2S.ClH/c1-2-5-20-11(19)9-6-21-12(17-9)18-4-3-8-10(18)13(14,15)7-16-8;/h2,6,8,10,16H,1,3-5,7H2;1H/t8-,10+;/m0./s1. The predicted octanol–water partition coefficient (Wildman–Crippen LogP) is 2.09. The molecule has 0 bridgehead atoms. The summed E-state index contributed by atoms with van der Waals surface area (Å²) >= 11 is 1.19. The number of alkyl halides is 2. The predicted molar refractivity (Wildman–Crippen MR) is 82.3 cm³/mol. The van der Waals surface area contributed by atoms with E-state index in [1.165, 1.54) is 22.8 Å². The highest BCUT2D eigenvalue weighted by molar-refractivity contribution is 7.13. The molecule has 1 N–H and O–H groups in total. The Bertz CT molecular complexity index is 569. The molecule has 122 valence electrons. The zero-order valence-corrected chi connectivity index (χ0v) is 13.3. The Balaban J connectivity index is 0.00000176. The molecule has 22 heavy (non-hydrogen) atoms. The minimum atomic E-state index is -2.78. The minimum absolute atomic E-state index is 0. The van der Waals surface area contributed by atoms with Gasteiger partial charge >= 0.3 is 5.97 Å². The van der Waals surface area contributed by atoms with Gasteiger partial charge in [-0.2, -0.15) is 0 Å². The SMILES string of the molecule is C=CCOC(=O)c1csc(N2CC[C@@H]3NCC(F)(F)[C@@H]32)n1.Cl. The summed E-state index contributed by atoms with van der Waals surface area (Å²) in [6.45, 7) is 3.75. The van der Waals surface area contributed by atoms with Crippen molar-refractivity contribution in [2.45, 2.75) is 24.4 Å². The Morgan fingerprint density at radius 2 is 2.45 bits per heavy atom. The van der Waals surface area contributed by atoms with Crippen LogP contribution in [0.4, 0.5) is 13.9 Å². The van der Waals surface area contributed by atoms with Crippen LogP contribution in [0.3, 0.4) is 0 Å². The second kappa shape index (κ2) is 6.47. The Morgan fingerprint density at radius 1 is 1.68 bits per heavy atom. The van der Waals surface area contributed by atoms with Gasteiger partial charge in [0, 0.05) is 18.0 Å². The topological polar surface area (TPSA) is 54.5 Å². The fraction of sp³-hybridized carbons (Fsp3) is 0.538. The third kappa shape index (κ3) is 2.95. The van der Waals surface area contributed by atoms with Crippen LogP contribution in [-0.2, 0) is 4.74 Å². The van der Waals surface area contributed by atoms with E-state index in [-0.39, 0.29) is 37.3 Å². The van der Waals surface area contributed by atoms with Gasteiger partial charge in [-0.05, 0) is 6.42 Å². The first kappa shape index (κ1) is 17.1. The summed E-state index contributed by atoms with van der Waals surface area (Å²) in [5.41, 5.74) is 0.148. The molecule has 1 aromatic heterocycles. The van der Waals surface area contributed by atoms with Gasteiger partial charge in [0.1, 0.15) is 12.6 Å². The molecule has 2 atom stereocenters. The number of carbonyl (C=O) groups excluding carboxylic acids is 1. The first-order chi connectivity index (χ1) is 10.0. The van der Waals surface area contributed by atoms with Crippen molar-refractivity contribution in [2.24, 2.45) is 0 Å². The number of fused-ring (bicyclic) bond motifs is 1. The number of aromatic nitrogens is 1. The van der Waals surface area contributed by atoms with Gasteiger partial charge in [0.25, 0.3) is 5.92 Å². The van der Waals surface area contributed by atoms with Gasteiger partial charge in [-0.1, -0.05) is 12.7 Å². The van der Waals surface area contributed by atoms with E-state index in [1.807, 2.05) is 0 Å². The molecule has 9 heteroatoms. The fourth-order valence-electron chi connectivity index (χ4n) is 2.81. The molecule has 3 heterocycles. The number of ether oxygens (including phenoxy) is 1. The molecular formula is C13H16ClF2N3O2S. The summed E-state index contributed by atoms with van der Waals surface area (Å²) in [6, 6.07) is -1.11. The summed E-state index contributed by atoms with van der Waals surface area (Å²) in [5, 5.41) is 4.83. The van der Waals surface area contributed by atoms with Gasteiger partial charge < -0.3 is 15.0 Å². The summed E-state index contributed by atoms with van der Waals surface area (Å²) < 4.78 is 32.8. The third-order valence-corrected chi connectivity index (χ3v) is 4.59. The number of hydrogen-bond acceptors (Lipinski definition) is 6. The molecule has 2 fully saturated rings. The number of nitrogens with one attached hydrogen (secondary N) is 1. The average Bonchev–Trinajstić information content (AvgIpc) is 3.13. The molecule has 2 aliphatic rings. The Hall–Kier alpha value is -1.25. The second-order valence-corrected chi connectivity index (χ2v) is 5.91. The van der Waals surface area contributed by atoms with Crippen LogP contribution in [0.25, 0.3) is 0 Å². The number of rotatable bonds is 4. The van der Waals surface area contributed by atoms with Crippen LogP contribution in [0.5, 0.6) is 0 Å². The van der Waals surface area contributed by atoms with Gasteiger partial charge in [0.2, 0.25) is 0 Å². The Labute approximate surface area is 136 Å². The maximum absolute atomic E-state index is 13.9. The van der Waals surface area contributed by atoms with Crippen molar-refractivity contribution in [2.75, 3.05) is 24.6 Å². The maximum Gasteiger partial charge on any atom is 0.358 e. The van der Waals surface area contributed by atoms with E-state index in [0.717, 1.165) is 0 Å². The molecule has 0 amide bonds. The first-order valence-electron chi connectivity index (χ1n) is 6.64. The number of anilines is 1. The van der Waals surface area contributed by atoms with E-state index < -0.39 is 17.9 Å². The monoisotopic (exact) mass is 351 g/mol. The van der Waals surface area contributed by atoms with Crippen LogP contribution in [0, 0.1) is 0 Å². The quantitative estimate of drug-likeness (QED) is 0.665. The van der Waals surface area contributed by atoms with Crippen LogP contribution >= 0.6 is 23.7 Å². The summed E-state index contributed by atoms with van der Waals surface area (Å²) in [5.74, 6) is -3.35. The second-order valence-electron chi connectivity index (χ2n) is 5.08. The van der Waals surface area contributed by atoms with E-state index in [2.05, 4.69) is 16.9 Å². The lowest BCUT2D eigenvalue weighted by molar-refractivity contribution is 0.00620. The zero-order valence-electron chi connectivity index (χ0n) is 11.6. The van der Waals surface area contributed by atoms with E-state index in [4.69, 9.17) is 4.74 Å². The average molecular weight is 352 g/mol. The van der Waals surface area contributed by atoms with Gasteiger partial charge in [-0.25, -0.2) is 18.6 Å². The maximum atomic E-state index is 13.9. The Kier molecular flexibility index (Phi) is 5.03. The van der Waals surface area contributed by atoms with Crippen molar-refractivity contribution in [3.05, 3.63) is 23.7 Å². The van der Waals surface area contributed by atoms with Gasteiger partial charge in [0.05, 0.1) is 6.54 Å². The molecule has 3 rings (SSSR count). The number of esters is 1. The van der Waals surface area contributed by atoms with E-state index in [9.17, 15) is 13.6 Å². The molecule has 0 spiro atoms. The number of halogens is 3. The van der Waals surface area contributed by atoms with Crippen molar-refractivity contribution in [3.63, 3.8) is 0 Å². The number of hydrogen-bond donors (Lipinski definition) is 1. The number of nitrogens with zero attached hydrogens (tertiary/aromatic N) is 2. The molecule has 5 nitrogen and oxygen atoms in total. The van der Waals surface area contributed by atoms with E-state index >= 15 is 0 Å². The van der Waals surface area contributed by atoms with Crippen molar-refractivity contribution < 1.29 is 18.3 Å². The normalized spacial score (nSPS) is 25.5. The highest BCUT2D eigenvalue weighted by atomic mass is 35.5. The van der Waals surface area contributed by atoms with Crippen LogP contribution in [0.15, 0.2) is 18.0 Å². The molecule has 1 aromatic rings. The van der Waals surface area contributed by atoms with E-state index in [0.29, 0.717) is 18.1 Å². The lowest BCUT2D eigenvalue weighted by Crippen LogP contribution is -2.45. The van der Waals surface area contributed by atoms with Crippen molar-refractivity contribution in [3.8, 4) is 0 Å². The summed E-state index contributed by atoms with van der Waals surface area (Å²) in [6.07, 6.45) is 2.11. The van der Waals surface area contributed by atoms with Gasteiger partial charge in [-0.3, -0.25) is 0 Å². The molecule has 2 saturated heterocycles. The highest BCUT2D eigenvalue weighted by Crippen LogP contribution is 2.39. The zero-order chi connectivity index (χ0) is 15.0. The summed E-state index contributed by atoms with van der Waals surface area (Å²) in [4.78, 5) is 17.4. The number of thiazole rings is 1. The van der Waals surface area contributed by atoms with Gasteiger partial charge in [-0.15, -0.1) is 23.7 Å². The van der Waals surface area contributed by atoms with Crippen molar-refractivity contribution >= 4 is 34.8 Å². The molecule has 0 aromatic carbocycles.